The zero-order chi connectivity index (χ0) is 5.11. The van der Waals surface area contributed by atoms with Gasteiger partial charge in [0.1, 0.15) is 0 Å². The predicted molar refractivity (Wildman–Crippen MR) is 29.7 cm³/mol. The van der Waals surface area contributed by atoms with Crippen LogP contribution in [-0.2, 0) is 0 Å². The van der Waals surface area contributed by atoms with Crippen LogP contribution in [0.25, 0.3) is 0 Å². The Morgan fingerprint density at radius 3 is 1.75 bits per heavy atom. The van der Waals surface area contributed by atoms with Crippen LogP contribution in [0.5, 0.6) is 0 Å². The summed E-state index contributed by atoms with van der Waals surface area (Å²) in [7, 11) is 0. The minimum atomic E-state index is 0. The second-order valence-electron chi connectivity index (χ2n) is 2.01. The van der Waals surface area contributed by atoms with Crippen molar-refractivity contribution in [2.24, 2.45) is 0 Å². The fourth-order valence-electron chi connectivity index (χ4n) is 0.877. The first-order valence-corrected chi connectivity index (χ1v) is 2.83. The summed E-state index contributed by atoms with van der Waals surface area (Å²) >= 11 is 0. The van der Waals surface area contributed by atoms with Gasteiger partial charge >= 0.3 is 0 Å². The molecular weight excluding hydrogens is 109 g/mol. The lowest BCUT2D eigenvalue weighted by molar-refractivity contribution is -0.103. The molecule has 1 N–H and O–H groups in total. The predicted octanol–water partition coefficient (Wildman–Crippen LogP) is 1.01. The molecule has 0 unspecified atom stereocenters. The molecule has 0 aliphatic carbocycles. The zero-order valence-electron chi connectivity index (χ0n) is 4.84. The van der Waals surface area contributed by atoms with Gasteiger partial charge in [0.25, 0.3) is 0 Å². The van der Waals surface area contributed by atoms with E-state index >= 15 is 0 Å². The van der Waals surface area contributed by atoms with Crippen molar-refractivity contribution < 1.29 is 9.91 Å². The number of nitrogens with zero attached hydrogens (tertiary/aromatic N) is 1. The summed E-state index contributed by atoms with van der Waals surface area (Å²) in [5.74, 6) is 0. The lowest BCUT2D eigenvalue weighted by Crippen LogP contribution is -2.25. The highest BCUT2D eigenvalue weighted by Gasteiger charge is 2.04. The molecule has 0 spiro atoms. The van der Waals surface area contributed by atoms with E-state index in [0.717, 1.165) is 25.9 Å². The molecule has 2 nitrogen and oxygen atoms in total. The average Bonchev–Trinajstić information content (AvgIpc) is 1.69. The van der Waals surface area contributed by atoms with Gasteiger partial charge in [-0.2, -0.15) is 5.06 Å². The Labute approximate surface area is 48.4 Å². The second-order valence-corrected chi connectivity index (χ2v) is 2.01. The highest BCUT2D eigenvalue weighted by molar-refractivity contribution is 4.54. The number of piperidine rings is 1. The van der Waals surface area contributed by atoms with Gasteiger partial charge < -0.3 is 5.21 Å². The third-order valence-corrected chi connectivity index (χ3v) is 1.33. The molecule has 0 atom stereocenters. The van der Waals surface area contributed by atoms with E-state index in [2.05, 4.69) is 0 Å². The van der Waals surface area contributed by atoms with E-state index in [1.807, 2.05) is 0 Å². The molecule has 0 amide bonds. The van der Waals surface area contributed by atoms with Crippen molar-refractivity contribution in [3.8, 4) is 0 Å². The van der Waals surface area contributed by atoms with Crippen LogP contribution >= 0.6 is 0 Å². The molecule has 1 fully saturated rings. The number of halogens is 1. The molecule has 0 aromatic heterocycles. The van der Waals surface area contributed by atoms with Crippen LogP contribution in [0.3, 0.4) is 0 Å². The summed E-state index contributed by atoms with van der Waals surface area (Å²) in [5.41, 5.74) is 0. The van der Waals surface area contributed by atoms with Gasteiger partial charge in [-0.05, 0) is 12.8 Å². The van der Waals surface area contributed by atoms with Crippen LogP contribution in [-0.4, -0.2) is 23.4 Å². The van der Waals surface area contributed by atoms with E-state index in [1.165, 1.54) is 11.5 Å². The van der Waals surface area contributed by atoms with E-state index in [4.69, 9.17) is 5.21 Å². The fourth-order valence-corrected chi connectivity index (χ4v) is 0.877. The van der Waals surface area contributed by atoms with Crippen molar-refractivity contribution in [2.75, 3.05) is 13.1 Å². The number of hydroxylamine groups is 2. The number of hydrogen-bond acceptors (Lipinski definition) is 2. The van der Waals surface area contributed by atoms with Crippen LogP contribution < -0.4 is 0 Å². The van der Waals surface area contributed by atoms with Gasteiger partial charge in [0.05, 0.1) is 0 Å². The molecule has 1 heterocycles. The molecule has 1 rings (SSSR count). The molecule has 0 aromatic carbocycles. The molecule has 3 heteroatoms. The highest BCUT2D eigenvalue weighted by atomic mass is 19.0. The molecule has 1 aliphatic rings. The average molecular weight is 121 g/mol. The third-order valence-electron chi connectivity index (χ3n) is 1.33. The van der Waals surface area contributed by atoms with Crippen LogP contribution in [0.15, 0.2) is 0 Å². The normalized spacial score (nSPS) is 22.1. The van der Waals surface area contributed by atoms with Crippen molar-refractivity contribution in [1.82, 2.24) is 5.06 Å². The molecule has 1 saturated heterocycles. The van der Waals surface area contributed by atoms with Crippen molar-refractivity contribution in [2.45, 2.75) is 19.3 Å². The Morgan fingerprint density at radius 2 is 1.50 bits per heavy atom. The molecular formula is C5H12FNO. The maximum Gasteiger partial charge on any atom is 0.0238 e. The molecule has 0 bridgehead atoms. The summed E-state index contributed by atoms with van der Waals surface area (Å²) in [4.78, 5) is 0. The van der Waals surface area contributed by atoms with Crippen LogP contribution in [0, 0.1) is 0 Å². The van der Waals surface area contributed by atoms with Gasteiger partial charge in [0, 0.05) is 13.1 Å². The molecule has 0 radical (unpaired) electrons. The maximum absolute atomic E-state index is 8.74. The first kappa shape index (κ1) is 7.85. The molecule has 8 heavy (non-hydrogen) atoms. The molecule has 0 saturated carbocycles. The minimum absolute atomic E-state index is 0. The second kappa shape index (κ2) is 3.80. The van der Waals surface area contributed by atoms with Crippen molar-refractivity contribution in [1.29, 1.82) is 0 Å². The molecule has 0 aromatic rings. The van der Waals surface area contributed by atoms with E-state index in [1.54, 1.807) is 0 Å². The summed E-state index contributed by atoms with van der Waals surface area (Å²) < 4.78 is 0. The van der Waals surface area contributed by atoms with Gasteiger partial charge in [-0.1, -0.05) is 6.42 Å². The number of hydrogen-bond donors (Lipinski definition) is 1. The van der Waals surface area contributed by atoms with Crippen LogP contribution in [0.1, 0.15) is 19.3 Å². The van der Waals surface area contributed by atoms with E-state index < -0.39 is 0 Å². The summed E-state index contributed by atoms with van der Waals surface area (Å²) in [6.45, 7) is 1.75. The smallest absolute Gasteiger partial charge is 0.0238 e. The SMILES string of the molecule is F.ON1CCCCC1. The largest absolute Gasteiger partial charge is 0.314 e. The van der Waals surface area contributed by atoms with E-state index in [0.29, 0.717) is 0 Å². The van der Waals surface area contributed by atoms with Gasteiger partial charge in [-0.3, -0.25) is 4.70 Å². The summed E-state index contributed by atoms with van der Waals surface area (Å²) in [6, 6.07) is 0. The Balaban J connectivity index is 0.000000490. The van der Waals surface area contributed by atoms with Crippen LogP contribution in [0.2, 0.25) is 0 Å². The summed E-state index contributed by atoms with van der Waals surface area (Å²) in [6.07, 6.45) is 3.62. The van der Waals surface area contributed by atoms with E-state index in [9.17, 15) is 0 Å². The Kier molecular flexibility index (Phi) is 3.73. The van der Waals surface area contributed by atoms with Gasteiger partial charge in [0.2, 0.25) is 0 Å². The highest BCUT2D eigenvalue weighted by Crippen LogP contribution is 2.04. The van der Waals surface area contributed by atoms with E-state index in [-0.39, 0.29) is 4.70 Å². The first-order valence-electron chi connectivity index (χ1n) is 2.83. The zero-order valence-corrected chi connectivity index (χ0v) is 4.84. The number of rotatable bonds is 0. The first-order chi connectivity index (χ1) is 3.39. The lowest BCUT2D eigenvalue weighted by Gasteiger charge is -2.18. The van der Waals surface area contributed by atoms with Crippen molar-refractivity contribution >= 4 is 0 Å². The molecule has 1 aliphatic heterocycles. The Morgan fingerprint density at radius 1 is 1.00 bits per heavy atom. The van der Waals surface area contributed by atoms with Gasteiger partial charge in [0.15, 0.2) is 0 Å². The molecule has 50 valence electrons. The quantitative estimate of drug-likeness (QED) is 0.517. The monoisotopic (exact) mass is 121 g/mol. The minimum Gasteiger partial charge on any atom is -0.314 e. The Bertz CT molecular complexity index is 54.4. The van der Waals surface area contributed by atoms with Gasteiger partial charge in [-0.25, -0.2) is 0 Å². The maximum atomic E-state index is 8.74. The van der Waals surface area contributed by atoms with Gasteiger partial charge in [-0.15, -0.1) is 0 Å². The van der Waals surface area contributed by atoms with Crippen LogP contribution in [0.4, 0.5) is 4.70 Å². The standard InChI is InChI=1S/C5H11NO.FH/c7-6-4-2-1-3-5-6;/h7H,1-5H2;1H. The summed E-state index contributed by atoms with van der Waals surface area (Å²) in [5, 5.41) is 10.1. The van der Waals surface area contributed by atoms with Crippen molar-refractivity contribution in [3.63, 3.8) is 0 Å². The Hall–Kier alpha value is -0.150. The van der Waals surface area contributed by atoms with Crippen molar-refractivity contribution in [3.05, 3.63) is 0 Å². The third kappa shape index (κ3) is 2.23. The fraction of sp³-hybridized carbons (Fsp3) is 1.00. The lowest BCUT2D eigenvalue weighted by atomic mass is 10.2. The topological polar surface area (TPSA) is 23.5 Å².